The van der Waals surface area contributed by atoms with Gasteiger partial charge in [-0.1, -0.05) is 71.1 Å². The van der Waals surface area contributed by atoms with Gasteiger partial charge in [0.15, 0.2) is 0 Å². The van der Waals surface area contributed by atoms with E-state index in [0.717, 1.165) is 27.2 Å². The van der Waals surface area contributed by atoms with Crippen molar-refractivity contribution in [2.24, 2.45) is 0 Å². The first-order valence-electron chi connectivity index (χ1n) is 10.1. The van der Waals surface area contributed by atoms with E-state index in [1.807, 2.05) is 71.1 Å². The lowest BCUT2D eigenvalue weighted by molar-refractivity contribution is -0.164. The van der Waals surface area contributed by atoms with Crippen molar-refractivity contribution in [1.29, 1.82) is 0 Å². The number of esters is 2. The fourth-order valence-electron chi connectivity index (χ4n) is 3.67. The monoisotopic (exact) mass is 552 g/mol. The zero-order valence-corrected chi connectivity index (χ0v) is 19.9. The third-order valence-corrected chi connectivity index (χ3v) is 6.36. The molecular weight excluding hydrogens is 527 g/mol. The predicted octanol–water partition coefficient (Wildman–Crippen LogP) is 2.32. The number of fused-ring (bicyclic) bond motifs is 3. The summed E-state index contributed by atoms with van der Waals surface area (Å²) in [6.07, 6.45) is -0.690. The molecule has 0 spiro atoms. The van der Waals surface area contributed by atoms with Crippen LogP contribution in [0.5, 0.6) is 0 Å². The van der Waals surface area contributed by atoms with Gasteiger partial charge in [0.2, 0.25) is 0 Å². The van der Waals surface area contributed by atoms with E-state index in [-0.39, 0.29) is 17.0 Å². The first-order chi connectivity index (χ1) is 15.4. The second-order valence-corrected chi connectivity index (χ2v) is 8.23. The minimum absolute atomic E-state index is 0.104. The Morgan fingerprint density at radius 1 is 1.06 bits per heavy atom. The van der Waals surface area contributed by atoms with Gasteiger partial charge in [-0.15, -0.1) is 0 Å². The largest absolute Gasteiger partial charge is 0.448 e. The highest BCUT2D eigenvalue weighted by molar-refractivity contribution is 14.1. The topological polar surface area (TPSA) is 105 Å². The first-order valence-corrected chi connectivity index (χ1v) is 11.6. The second-order valence-electron chi connectivity index (χ2n) is 7.35. The van der Waals surface area contributed by atoms with Gasteiger partial charge < -0.3 is 19.9 Å². The minimum Gasteiger partial charge on any atom is -0.448 e. The number of aliphatic hydroxyl groups is 1. The van der Waals surface area contributed by atoms with E-state index in [1.54, 1.807) is 0 Å². The zero-order chi connectivity index (χ0) is 23.3. The van der Waals surface area contributed by atoms with Gasteiger partial charge in [-0.2, -0.15) is 0 Å². The normalized spacial score (nSPS) is 14.1. The summed E-state index contributed by atoms with van der Waals surface area (Å²) in [5.74, 6) is -1.89. The Morgan fingerprint density at radius 3 is 2.12 bits per heavy atom. The van der Waals surface area contributed by atoms with E-state index in [9.17, 15) is 14.4 Å². The smallest absolute Gasteiger partial charge is 0.410 e. The quantitative estimate of drug-likeness (QED) is 0.224. The van der Waals surface area contributed by atoms with Gasteiger partial charge in [0.05, 0.1) is 6.61 Å². The lowest BCUT2D eigenvalue weighted by Crippen LogP contribution is -2.48. The molecule has 0 bridgehead atoms. The number of amides is 1. The zero-order valence-electron chi connectivity index (χ0n) is 17.8. The lowest BCUT2D eigenvalue weighted by Gasteiger charge is -2.25. The number of hydrogen-bond donors (Lipinski definition) is 2. The van der Waals surface area contributed by atoms with Crippen LogP contribution in [0.15, 0.2) is 48.5 Å². The van der Waals surface area contributed by atoms with Crippen LogP contribution in [0.2, 0.25) is 0 Å². The van der Waals surface area contributed by atoms with Crippen molar-refractivity contribution >= 4 is 40.6 Å². The van der Waals surface area contributed by atoms with Gasteiger partial charge in [-0.3, -0.25) is 4.90 Å². The number of rotatable bonds is 8. The molecule has 2 atom stereocenters. The van der Waals surface area contributed by atoms with Crippen LogP contribution in [-0.2, 0) is 19.1 Å². The van der Waals surface area contributed by atoms with Crippen LogP contribution < -0.4 is 5.32 Å². The Labute approximate surface area is 200 Å². The van der Waals surface area contributed by atoms with E-state index in [1.165, 1.54) is 14.1 Å². The molecule has 0 radical (unpaired) electrons. The summed E-state index contributed by atoms with van der Waals surface area (Å²) in [7, 11) is 2.89. The highest BCUT2D eigenvalue weighted by atomic mass is 127. The molecule has 1 unspecified atom stereocenters. The first kappa shape index (κ1) is 24.1. The molecule has 170 valence electrons. The van der Waals surface area contributed by atoms with E-state index in [2.05, 4.69) is 5.32 Å². The molecule has 0 heterocycles. The molecule has 0 aliphatic heterocycles. The fraction of sp³-hybridized carbons (Fsp3) is 0.348. The maximum atomic E-state index is 12.7. The molecule has 0 saturated heterocycles. The molecule has 1 amide bonds. The van der Waals surface area contributed by atoms with Crippen LogP contribution in [0.1, 0.15) is 17.0 Å². The van der Waals surface area contributed by atoms with E-state index in [0.29, 0.717) is 0 Å². The van der Waals surface area contributed by atoms with Crippen LogP contribution in [0.4, 0.5) is 4.79 Å². The number of alkyl halides is 1. The van der Waals surface area contributed by atoms with Crippen molar-refractivity contribution in [2.45, 2.75) is 18.0 Å². The molecule has 1 aliphatic rings. The van der Waals surface area contributed by atoms with E-state index in [4.69, 9.17) is 14.6 Å². The molecule has 8 nitrogen and oxygen atoms in total. The Morgan fingerprint density at radius 2 is 1.62 bits per heavy atom. The van der Waals surface area contributed by atoms with Gasteiger partial charge in [-0.25, -0.2) is 14.4 Å². The maximum Gasteiger partial charge on any atom is 0.410 e. The number of likely N-dealkylation sites (N-methyl/N-ethyl adjacent to an activating group) is 2. The molecule has 1 aliphatic carbocycles. The number of benzene rings is 2. The summed E-state index contributed by atoms with van der Waals surface area (Å²) in [5.41, 5.74) is 4.41. The summed E-state index contributed by atoms with van der Waals surface area (Å²) in [4.78, 5) is 38.3. The van der Waals surface area contributed by atoms with Crippen molar-refractivity contribution < 1.29 is 29.0 Å². The van der Waals surface area contributed by atoms with Crippen molar-refractivity contribution in [1.82, 2.24) is 10.2 Å². The average molecular weight is 552 g/mol. The number of aliphatic hydroxyl groups excluding tert-OH is 1. The molecule has 9 heteroatoms. The SMILES string of the molecule is CN[C@@H](CO)C(=O)OC(=O)C(CI)N(C)C(=O)OCC1c2ccccc2-c2ccccc21. The minimum atomic E-state index is -1.02. The number of halogens is 1. The van der Waals surface area contributed by atoms with Crippen LogP contribution >= 0.6 is 22.6 Å². The van der Waals surface area contributed by atoms with Crippen LogP contribution in [0.25, 0.3) is 11.1 Å². The summed E-state index contributed by atoms with van der Waals surface area (Å²) >= 11 is 1.94. The molecule has 3 rings (SSSR count). The average Bonchev–Trinajstić information content (AvgIpc) is 3.12. The van der Waals surface area contributed by atoms with Crippen LogP contribution in [0.3, 0.4) is 0 Å². The molecule has 2 aromatic rings. The van der Waals surface area contributed by atoms with Crippen molar-refractivity contribution in [3.05, 3.63) is 59.7 Å². The summed E-state index contributed by atoms with van der Waals surface area (Å²) in [6, 6.07) is 14.0. The Hall–Kier alpha value is -2.50. The summed E-state index contributed by atoms with van der Waals surface area (Å²) in [5, 5.41) is 11.7. The van der Waals surface area contributed by atoms with Gasteiger partial charge in [-0.05, 0) is 29.3 Å². The lowest BCUT2D eigenvalue weighted by atomic mass is 9.98. The maximum absolute atomic E-state index is 12.7. The Bertz CT molecular complexity index is 948. The van der Waals surface area contributed by atoms with Gasteiger partial charge in [0, 0.05) is 17.4 Å². The molecule has 0 aromatic heterocycles. The fourth-order valence-corrected chi connectivity index (χ4v) is 4.62. The molecule has 0 fully saturated rings. The van der Waals surface area contributed by atoms with Gasteiger partial charge in [0.25, 0.3) is 0 Å². The molecule has 2 N–H and O–H groups in total. The third-order valence-electron chi connectivity index (χ3n) is 5.53. The number of hydrogen-bond acceptors (Lipinski definition) is 7. The Balaban J connectivity index is 1.66. The third kappa shape index (κ3) is 4.94. The highest BCUT2D eigenvalue weighted by Gasteiger charge is 2.33. The summed E-state index contributed by atoms with van der Waals surface area (Å²) in [6.45, 7) is -0.398. The van der Waals surface area contributed by atoms with Crippen LogP contribution in [0, 0.1) is 0 Å². The number of ether oxygens (including phenoxy) is 2. The number of carbonyl (C=O) groups is 3. The number of nitrogens with zero attached hydrogens (tertiary/aromatic N) is 1. The molecule has 0 saturated carbocycles. The van der Waals surface area contributed by atoms with E-state index >= 15 is 0 Å². The number of carbonyl (C=O) groups excluding carboxylic acids is 3. The highest BCUT2D eigenvalue weighted by Crippen LogP contribution is 2.44. The standard InChI is InChI=1S/C23H25IN2O6/c1-25-19(12-27)21(28)32-22(29)20(11-24)26(2)23(30)31-13-18-16-9-5-3-7-14(16)15-8-4-6-10-17(15)18/h3-10,18-20,25,27H,11-13H2,1-2H3/t19-,20?/m0/s1. The molecular formula is C23H25IN2O6. The van der Waals surface area contributed by atoms with Crippen molar-refractivity contribution in [2.75, 3.05) is 31.7 Å². The molecule has 32 heavy (non-hydrogen) atoms. The second kappa shape index (κ2) is 10.9. The van der Waals surface area contributed by atoms with Gasteiger partial charge >= 0.3 is 18.0 Å². The van der Waals surface area contributed by atoms with Crippen LogP contribution in [-0.4, -0.2) is 71.9 Å². The van der Waals surface area contributed by atoms with Crippen molar-refractivity contribution in [3.63, 3.8) is 0 Å². The van der Waals surface area contributed by atoms with Crippen molar-refractivity contribution in [3.8, 4) is 11.1 Å². The van der Waals surface area contributed by atoms with Gasteiger partial charge in [0.1, 0.15) is 18.7 Å². The summed E-state index contributed by atoms with van der Waals surface area (Å²) < 4.78 is 10.6. The molecule has 2 aromatic carbocycles. The number of nitrogens with one attached hydrogen (secondary N) is 1. The van der Waals surface area contributed by atoms with E-state index < -0.39 is 36.7 Å². The predicted molar refractivity (Wildman–Crippen MR) is 127 cm³/mol. The Kier molecular flexibility index (Phi) is 8.21.